The summed E-state index contributed by atoms with van der Waals surface area (Å²) in [6.45, 7) is 10.8. The van der Waals surface area contributed by atoms with Gasteiger partial charge < -0.3 is 31.1 Å². The van der Waals surface area contributed by atoms with Crippen molar-refractivity contribution >= 4 is 35.4 Å². The van der Waals surface area contributed by atoms with Crippen molar-refractivity contribution in [1.29, 1.82) is 0 Å². The molecule has 2 aliphatic heterocycles. The Balaban J connectivity index is 1.44. The molecule has 2 aliphatic carbocycles. The first kappa shape index (κ1) is 37.4. The first-order chi connectivity index (χ1) is 22.9. The SMILES string of the molecule is C=CCNC(=O)C(=O)C(CC1CCC1)NC(=O)[C@@H]1CCCN1C(=O)[C@@H](NC(=O)N[C@H](CN1CCCCC1=O)C1CCCCC1)C(C)(C)C. The zero-order valence-electron chi connectivity index (χ0n) is 29.3. The summed E-state index contributed by atoms with van der Waals surface area (Å²) in [5.74, 6) is -1.65. The minimum Gasteiger partial charge on any atom is -0.346 e. The number of carbonyl (C=O) groups is 6. The van der Waals surface area contributed by atoms with E-state index >= 15 is 0 Å². The molecule has 1 unspecified atom stereocenters. The molecule has 0 spiro atoms. The molecule has 4 aliphatic rings. The van der Waals surface area contributed by atoms with Crippen LogP contribution in [0, 0.1) is 17.3 Å². The summed E-state index contributed by atoms with van der Waals surface area (Å²) in [7, 11) is 0. The molecular weight excluding hydrogens is 612 g/mol. The second kappa shape index (κ2) is 17.3. The molecule has 0 aromatic rings. The fourth-order valence-corrected chi connectivity index (χ4v) is 7.57. The van der Waals surface area contributed by atoms with E-state index in [0.29, 0.717) is 45.3 Å². The molecule has 48 heavy (non-hydrogen) atoms. The number of carbonyl (C=O) groups excluding carboxylic acids is 6. The van der Waals surface area contributed by atoms with Crippen molar-refractivity contribution in [3.63, 3.8) is 0 Å². The molecule has 2 saturated carbocycles. The second-order valence-electron chi connectivity index (χ2n) is 15.4. The number of hydrogen-bond acceptors (Lipinski definition) is 6. The Hall–Kier alpha value is -3.44. The Morgan fingerprint density at radius 1 is 0.875 bits per heavy atom. The highest BCUT2D eigenvalue weighted by atomic mass is 16.2. The molecule has 6 amide bonds. The fourth-order valence-electron chi connectivity index (χ4n) is 7.57. The van der Waals surface area contributed by atoms with Gasteiger partial charge in [0.1, 0.15) is 12.1 Å². The molecule has 4 rings (SSSR count). The summed E-state index contributed by atoms with van der Waals surface area (Å²) in [4.78, 5) is 83.2. The van der Waals surface area contributed by atoms with Crippen molar-refractivity contribution in [2.75, 3.05) is 26.2 Å². The molecule has 0 aromatic carbocycles. The zero-order chi connectivity index (χ0) is 34.8. The van der Waals surface area contributed by atoms with Crippen molar-refractivity contribution in [3.8, 4) is 0 Å². The summed E-state index contributed by atoms with van der Waals surface area (Å²) in [6, 6.07) is -3.40. The number of likely N-dealkylation sites (tertiary alicyclic amines) is 2. The average Bonchev–Trinajstić information content (AvgIpc) is 3.54. The van der Waals surface area contributed by atoms with Gasteiger partial charge in [-0.15, -0.1) is 6.58 Å². The van der Waals surface area contributed by atoms with E-state index in [2.05, 4.69) is 27.8 Å². The molecule has 268 valence electrons. The predicted molar refractivity (Wildman–Crippen MR) is 183 cm³/mol. The third-order valence-electron chi connectivity index (χ3n) is 10.7. The van der Waals surface area contributed by atoms with E-state index in [-0.39, 0.29) is 36.2 Å². The van der Waals surface area contributed by atoms with Gasteiger partial charge in [-0.1, -0.05) is 65.4 Å². The van der Waals surface area contributed by atoms with Crippen molar-refractivity contribution in [2.24, 2.45) is 17.3 Å². The van der Waals surface area contributed by atoms with Crippen LogP contribution in [-0.2, 0) is 24.0 Å². The number of piperidine rings is 1. The van der Waals surface area contributed by atoms with Gasteiger partial charge in [-0.2, -0.15) is 0 Å². The maximum atomic E-state index is 14.2. The van der Waals surface area contributed by atoms with Crippen molar-refractivity contribution < 1.29 is 28.8 Å². The van der Waals surface area contributed by atoms with Gasteiger partial charge in [0.15, 0.2) is 0 Å². The lowest BCUT2D eigenvalue weighted by molar-refractivity contribution is -0.144. The van der Waals surface area contributed by atoms with Crippen LogP contribution in [-0.4, -0.2) is 95.6 Å². The van der Waals surface area contributed by atoms with E-state index in [1.54, 1.807) is 0 Å². The number of urea groups is 1. The van der Waals surface area contributed by atoms with Crippen LogP contribution in [0.2, 0.25) is 0 Å². The van der Waals surface area contributed by atoms with E-state index in [1.165, 1.54) is 17.4 Å². The highest BCUT2D eigenvalue weighted by Gasteiger charge is 2.43. The highest BCUT2D eigenvalue weighted by molar-refractivity contribution is 6.38. The van der Waals surface area contributed by atoms with Gasteiger partial charge in [0, 0.05) is 32.6 Å². The third kappa shape index (κ3) is 10.0. The van der Waals surface area contributed by atoms with Gasteiger partial charge in [-0.05, 0) is 62.2 Å². The van der Waals surface area contributed by atoms with Crippen LogP contribution in [0.25, 0.3) is 0 Å². The Morgan fingerprint density at radius 2 is 1.60 bits per heavy atom. The van der Waals surface area contributed by atoms with Crippen LogP contribution >= 0.6 is 0 Å². The summed E-state index contributed by atoms with van der Waals surface area (Å²) >= 11 is 0. The lowest BCUT2D eigenvalue weighted by Crippen LogP contribution is -2.61. The van der Waals surface area contributed by atoms with Gasteiger partial charge in [-0.25, -0.2) is 4.79 Å². The van der Waals surface area contributed by atoms with Gasteiger partial charge in [0.2, 0.25) is 23.5 Å². The van der Waals surface area contributed by atoms with Crippen LogP contribution in [0.1, 0.15) is 111 Å². The number of amides is 6. The highest BCUT2D eigenvalue weighted by Crippen LogP contribution is 2.32. The second-order valence-corrected chi connectivity index (χ2v) is 15.4. The van der Waals surface area contributed by atoms with E-state index in [1.807, 2.05) is 25.7 Å². The Kier molecular flexibility index (Phi) is 13.5. The summed E-state index contributed by atoms with van der Waals surface area (Å²) in [5.41, 5.74) is -0.673. The third-order valence-corrected chi connectivity index (χ3v) is 10.7. The minimum atomic E-state index is -0.976. The van der Waals surface area contributed by atoms with Crippen LogP contribution in [0.15, 0.2) is 12.7 Å². The Labute approximate surface area is 285 Å². The lowest BCUT2D eigenvalue weighted by Gasteiger charge is -2.38. The molecular formula is C36H58N6O6. The maximum Gasteiger partial charge on any atom is 0.315 e. The van der Waals surface area contributed by atoms with Crippen LogP contribution < -0.4 is 21.3 Å². The number of hydrogen-bond donors (Lipinski definition) is 4. The van der Waals surface area contributed by atoms with Crippen molar-refractivity contribution in [2.45, 2.75) is 135 Å². The van der Waals surface area contributed by atoms with Crippen LogP contribution in [0.4, 0.5) is 4.79 Å². The first-order valence-electron chi connectivity index (χ1n) is 18.3. The molecule has 12 heteroatoms. The average molecular weight is 671 g/mol. The monoisotopic (exact) mass is 670 g/mol. The van der Waals surface area contributed by atoms with Gasteiger partial charge in [-0.3, -0.25) is 24.0 Å². The molecule has 4 N–H and O–H groups in total. The minimum absolute atomic E-state index is 0.124. The molecule has 0 radical (unpaired) electrons. The Morgan fingerprint density at radius 3 is 2.23 bits per heavy atom. The normalized spacial score (nSPS) is 22.6. The number of nitrogens with zero attached hydrogens (tertiary/aromatic N) is 2. The van der Waals surface area contributed by atoms with E-state index < -0.39 is 47.2 Å². The molecule has 2 saturated heterocycles. The summed E-state index contributed by atoms with van der Waals surface area (Å²) in [6.07, 6.45) is 13.5. The topological polar surface area (TPSA) is 157 Å². The van der Waals surface area contributed by atoms with Crippen LogP contribution in [0.3, 0.4) is 0 Å². The smallest absolute Gasteiger partial charge is 0.315 e. The Bertz CT molecular complexity index is 1190. The predicted octanol–water partition coefficient (Wildman–Crippen LogP) is 3.20. The molecule has 4 atom stereocenters. The summed E-state index contributed by atoms with van der Waals surface area (Å²) < 4.78 is 0. The zero-order valence-corrected chi connectivity index (χ0v) is 29.3. The number of rotatable bonds is 14. The van der Waals surface area contributed by atoms with E-state index in [0.717, 1.165) is 57.8 Å². The lowest BCUT2D eigenvalue weighted by atomic mass is 9.80. The van der Waals surface area contributed by atoms with Crippen molar-refractivity contribution in [3.05, 3.63) is 12.7 Å². The fraction of sp³-hybridized carbons (Fsp3) is 0.778. The molecule has 4 fully saturated rings. The van der Waals surface area contributed by atoms with Gasteiger partial charge in [0.05, 0.1) is 12.1 Å². The maximum absolute atomic E-state index is 14.2. The molecule has 0 aromatic heterocycles. The number of Topliss-reactive ketones (excluding diaryl/α,β-unsaturated/α-hetero) is 1. The van der Waals surface area contributed by atoms with Gasteiger partial charge >= 0.3 is 6.03 Å². The number of nitrogens with one attached hydrogen (secondary N) is 4. The van der Waals surface area contributed by atoms with E-state index in [9.17, 15) is 28.8 Å². The molecule has 12 nitrogen and oxygen atoms in total. The molecule has 0 bridgehead atoms. The summed E-state index contributed by atoms with van der Waals surface area (Å²) in [5, 5.41) is 11.4. The largest absolute Gasteiger partial charge is 0.346 e. The quantitative estimate of drug-likeness (QED) is 0.164. The standard InChI is InChI=1S/C36H58N6O6/c1-5-19-37-33(46)30(44)26(22-24-13-11-14-24)38-32(45)28-17-12-21-42(28)34(47)31(36(2,3)4)40-35(48)39-27(25-15-7-6-8-16-25)23-41-20-10-9-18-29(41)43/h5,24-28,31H,1,6-23H2,2-4H3,(H,37,46)(H,38,45)(H2,39,40,48)/t26?,27-,28+,31-/m1/s1. The van der Waals surface area contributed by atoms with Crippen LogP contribution in [0.5, 0.6) is 0 Å². The molecule has 2 heterocycles. The van der Waals surface area contributed by atoms with Crippen molar-refractivity contribution in [1.82, 2.24) is 31.1 Å². The first-order valence-corrected chi connectivity index (χ1v) is 18.3. The number of ketones is 1. The van der Waals surface area contributed by atoms with Gasteiger partial charge in [0.25, 0.3) is 5.91 Å². The van der Waals surface area contributed by atoms with E-state index in [4.69, 9.17) is 0 Å².